The molecule has 0 radical (unpaired) electrons. The lowest BCUT2D eigenvalue weighted by molar-refractivity contribution is -0.125. The van der Waals surface area contributed by atoms with Crippen LogP contribution in [0.5, 0.6) is 0 Å². The second-order valence-electron chi connectivity index (χ2n) is 10.2. The Labute approximate surface area is 183 Å². The van der Waals surface area contributed by atoms with Crippen LogP contribution in [-0.4, -0.2) is 52.0 Å². The lowest BCUT2D eigenvalue weighted by Gasteiger charge is -2.39. The Bertz CT molecular complexity index is 979. The molecule has 6 nitrogen and oxygen atoms in total. The first-order valence-corrected chi connectivity index (χ1v) is 11.2. The second-order valence-corrected chi connectivity index (χ2v) is 10.2. The van der Waals surface area contributed by atoms with E-state index in [0.29, 0.717) is 42.0 Å². The Kier molecular flexibility index (Phi) is 5.81. The Balaban J connectivity index is 1.35. The molecular weight excluding hydrogens is 395 g/mol. The first-order valence-electron chi connectivity index (χ1n) is 11.2. The Morgan fingerprint density at radius 1 is 1.16 bits per heavy atom. The van der Waals surface area contributed by atoms with Gasteiger partial charge in [-0.25, -0.2) is 4.39 Å². The minimum Gasteiger partial charge on any atom is -0.352 e. The van der Waals surface area contributed by atoms with Crippen LogP contribution >= 0.6 is 0 Å². The Morgan fingerprint density at radius 2 is 1.84 bits per heavy atom. The molecule has 1 aromatic heterocycles. The SMILES string of the molecule is Cn1cc(C(=O)NC[C@H]2CC3CC[C@H](C2)N3CC(=O)NC(C)(C)C)c2cc(F)ccc21. The first kappa shape index (κ1) is 21.8. The molecule has 2 fully saturated rings. The van der Waals surface area contributed by atoms with Gasteiger partial charge in [0.15, 0.2) is 0 Å². The molecule has 0 spiro atoms. The normalized spacial score (nSPS) is 23.8. The minimum absolute atomic E-state index is 0.0827. The fraction of sp³-hybridized carbons (Fsp3) is 0.583. The lowest BCUT2D eigenvalue weighted by Crippen LogP contribution is -2.52. The number of aryl methyl sites for hydroxylation is 1. The predicted molar refractivity (Wildman–Crippen MR) is 119 cm³/mol. The van der Waals surface area contributed by atoms with Crippen LogP contribution < -0.4 is 10.6 Å². The van der Waals surface area contributed by atoms with Gasteiger partial charge >= 0.3 is 0 Å². The molecule has 31 heavy (non-hydrogen) atoms. The number of aromatic nitrogens is 1. The molecule has 1 unspecified atom stereocenters. The average molecular weight is 429 g/mol. The van der Waals surface area contributed by atoms with E-state index in [9.17, 15) is 14.0 Å². The minimum atomic E-state index is -0.341. The zero-order chi connectivity index (χ0) is 22.3. The number of benzene rings is 1. The topological polar surface area (TPSA) is 66.4 Å². The van der Waals surface area contributed by atoms with Crippen LogP contribution in [0.1, 0.15) is 56.8 Å². The van der Waals surface area contributed by atoms with Gasteiger partial charge in [-0.3, -0.25) is 14.5 Å². The number of halogens is 1. The lowest BCUT2D eigenvalue weighted by atomic mass is 9.90. The number of rotatable bonds is 5. The second kappa shape index (κ2) is 8.26. The fourth-order valence-electron chi connectivity index (χ4n) is 5.31. The van der Waals surface area contributed by atoms with Gasteiger partial charge in [0, 0.05) is 48.3 Å². The van der Waals surface area contributed by atoms with Gasteiger partial charge in [-0.2, -0.15) is 0 Å². The molecule has 2 bridgehead atoms. The monoisotopic (exact) mass is 428 g/mol. The average Bonchev–Trinajstić information content (AvgIpc) is 3.10. The molecular formula is C24H33FN4O2. The summed E-state index contributed by atoms with van der Waals surface area (Å²) in [4.78, 5) is 27.6. The number of carbonyl (C=O) groups excluding carboxylic acids is 2. The van der Waals surface area contributed by atoms with Crippen molar-refractivity contribution in [1.29, 1.82) is 0 Å². The molecule has 7 heteroatoms. The van der Waals surface area contributed by atoms with Crippen molar-refractivity contribution >= 4 is 22.7 Å². The summed E-state index contributed by atoms with van der Waals surface area (Å²) in [6, 6.07) is 5.34. The van der Waals surface area contributed by atoms with E-state index in [1.165, 1.54) is 12.1 Å². The molecule has 0 saturated carbocycles. The highest BCUT2D eigenvalue weighted by atomic mass is 19.1. The van der Waals surface area contributed by atoms with E-state index in [2.05, 4.69) is 15.5 Å². The summed E-state index contributed by atoms with van der Waals surface area (Å²) in [6.07, 6.45) is 5.97. The standard InChI is InChI=1S/C24H33FN4O2/c1-24(2,3)27-22(30)14-29-17-6-7-18(29)10-15(9-17)12-26-23(31)20-13-28(4)21-8-5-16(25)11-19(20)21/h5,8,11,13,15,17-18H,6-7,9-10,12,14H2,1-4H3,(H,26,31)(H,27,30)/t15-,17-,18?/m1/s1. The predicted octanol–water partition coefficient (Wildman–Crippen LogP) is 3.20. The van der Waals surface area contributed by atoms with E-state index >= 15 is 0 Å². The molecule has 2 amide bonds. The van der Waals surface area contributed by atoms with Crippen molar-refractivity contribution in [3.63, 3.8) is 0 Å². The molecule has 3 atom stereocenters. The van der Waals surface area contributed by atoms with Crippen LogP contribution in [-0.2, 0) is 11.8 Å². The highest BCUT2D eigenvalue weighted by Crippen LogP contribution is 2.38. The number of fused-ring (bicyclic) bond motifs is 3. The largest absolute Gasteiger partial charge is 0.352 e. The van der Waals surface area contributed by atoms with E-state index in [4.69, 9.17) is 0 Å². The number of hydrogen-bond donors (Lipinski definition) is 2. The molecule has 3 heterocycles. The van der Waals surface area contributed by atoms with Gasteiger partial charge in [-0.15, -0.1) is 0 Å². The van der Waals surface area contributed by atoms with E-state index < -0.39 is 0 Å². The van der Waals surface area contributed by atoms with E-state index in [1.807, 2.05) is 32.4 Å². The van der Waals surface area contributed by atoms with Crippen LogP contribution in [0.3, 0.4) is 0 Å². The van der Waals surface area contributed by atoms with Crippen molar-refractivity contribution in [2.24, 2.45) is 13.0 Å². The van der Waals surface area contributed by atoms with Crippen LogP contribution in [0.2, 0.25) is 0 Å². The van der Waals surface area contributed by atoms with Crippen molar-refractivity contribution < 1.29 is 14.0 Å². The third-order valence-corrected chi connectivity index (χ3v) is 6.57. The van der Waals surface area contributed by atoms with Gasteiger partial charge < -0.3 is 15.2 Å². The number of carbonyl (C=O) groups is 2. The van der Waals surface area contributed by atoms with Gasteiger partial charge in [-0.05, 0) is 70.6 Å². The maximum Gasteiger partial charge on any atom is 0.253 e. The van der Waals surface area contributed by atoms with Crippen molar-refractivity contribution in [2.45, 2.75) is 64.1 Å². The maximum absolute atomic E-state index is 13.7. The zero-order valence-electron chi connectivity index (χ0n) is 18.9. The molecule has 1 aromatic carbocycles. The first-order chi connectivity index (χ1) is 14.6. The van der Waals surface area contributed by atoms with Crippen LogP contribution in [0.15, 0.2) is 24.4 Å². The number of piperidine rings is 1. The van der Waals surface area contributed by atoms with E-state index in [1.54, 1.807) is 12.3 Å². The van der Waals surface area contributed by atoms with Crippen molar-refractivity contribution in [1.82, 2.24) is 20.1 Å². The van der Waals surface area contributed by atoms with Gasteiger partial charge in [0.25, 0.3) is 5.91 Å². The smallest absolute Gasteiger partial charge is 0.253 e. The summed E-state index contributed by atoms with van der Waals surface area (Å²) in [6.45, 7) is 7.06. The van der Waals surface area contributed by atoms with Crippen molar-refractivity contribution in [2.75, 3.05) is 13.1 Å². The maximum atomic E-state index is 13.7. The summed E-state index contributed by atoms with van der Waals surface area (Å²) >= 11 is 0. The molecule has 2 N–H and O–H groups in total. The number of nitrogens with one attached hydrogen (secondary N) is 2. The summed E-state index contributed by atoms with van der Waals surface area (Å²) in [5, 5.41) is 6.77. The van der Waals surface area contributed by atoms with Crippen LogP contribution in [0.25, 0.3) is 10.9 Å². The Morgan fingerprint density at radius 3 is 2.48 bits per heavy atom. The summed E-state index contributed by atoms with van der Waals surface area (Å²) in [5.74, 6) is -0.0165. The molecule has 2 aliphatic heterocycles. The quantitative estimate of drug-likeness (QED) is 0.769. The highest BCUT2D eigenvalue weighted by molar-refractivity contribution is 6.07. The summed E-state index contributed by atoms with van der Waals surface area (Å²) in [7, 11) is 1.86. The number of hydrogen-bond acceptors (Lipinski definition) is 3. The third-order valence-electron chi connectivity index (χ3n) is 6.57. The van der Waals surface area contributed by atoms with Gasteiger partial charge in [-0.1, -0.05) is 0 Å². The van der Waals surface area contributed by atoms with Crippen LogP contribution in [0.4, 0.5) is 4.39 Å². The third kappa shape index (κ3) is 4.76. The van der Waals surface area contributed by atoms with Gasteiger partial charge in [0.2, 0.25) is 5.91 Å². The molecule has 2 aliphatic rings. The fourth-order valence-corrected chi connectivity index (χ4v) is 5.31. The van der Waals surface area contributed by atoms with Crippen molar-refractivity contribution in [3.8, 4) is 0 Å². The van der Waals surface area contributed by atoms with E-state index in [-0.39, 0.29) is 23.2 Å². The van der Waals surface area contributed by atoms with Gasteiger partial charge in [0.1, 0.15) is 5.82 Å². The van der Waals surface area contributed by atoms with Gasteiger partial charge in [0.05, 0.1) is 12.1 Å². The molecule has 2 saturated heterocycles. The summed E-state index contributed by atoms with van der Waals surface area (Å²) < 4.78 is 15.6. The highest BCUT2D eigenvalue weighted by Gasteiger charge is 2.41. The molecule has 4 rings (SSSR count). The Hall–Kier alpha value is -2.41. The van der Waals surface area contributed by atoms with Crippen molar-refractivity contribution in [3.05, 3.63) is 35.8 Å². The number of nitrogens with zero attached hydrogens (tertiary/aromatic N) is 2. The van der Waals surface area contributed by atoms with Crippen LogP contribution in [0, 0.1) is 11.7 Å². The summed E-state index contributed by atoms with van der Waals surface area (Å²) in [5.41, 5.74) is 1.13. The zero-order valence-corrected chi connectivity index (χ0v) is 18.9. The number of amides is 2. The van der Waals surface area contributed by atoms with E-state index in [0.717, 1.165) is 31.2 Å². The molecule has 0 aliphatic carbocycles. The molecule has 168 valence electrons. The molecule has 2 aromatic rings.